The summed E-state index contributed by atoms with van der Waals surface area (Å²) in [6.45, 7) is 0.138. The normalized spacial score (nSPS) is 11.7. The second-order valence-electron chi connectivity index (χ2n) is 6.70. The fourth-order valence-corrected chi connectivity index (χ4v) is 3.43. The Morgan fingerprint density at radius 1 is 1.17 bits per heavy atom. The van der Waals surface area contributed by atoms with Gasteiger partial charge in [-0.15, -0.1) is 10.2 Å². The molecule has 156 valence electrons. The zero-order valence-electron chi connectivity index (χ0n) is 16.5. The second kappa shape index (κ2) is 10.6. The van der Waals surface area contributed by atoms with Crippen molar-refractivity contribution in [2.75, 3.05) is 17.6 Å². The smallest absolute Gasteiger partial charge is 0.251 e. The molecule has 0 saturated heterocycles. The lowest BCUT2D eigenvalue weighted by Crippen LogP contribution is -2.33. The van der Waals surface area contributed by atoms with Crippen LogP contribution in [-0.2, 0) is 18.3 Å². The van der Waals surface area contributed by atoms with E-state index in [1.807, 2.05) is 30.3 Å². The van der Waals surface area contributed by atoms with Gasteiger partial charge in [-0.2, -0.15) is 0 Å². The standard InChI is InChI=1S/C21H23N5O3S/c1-26-14-23-25-21(26)30-13-19(28)24-17-9-5-8-16(11-17)20(29)22-12-18(27)10-15-6-3-2-4-7-15/h2-9,11,14,18,27H,10,12-13H2,1H3,(H,22,29)(H,24,28)/t18-/m1/s1. The Balaban J connectivity index is 1.48. The van der Waals surface area contributed by atoms with E-state index in [0.29, 0.717) is 22.8 Å². The summed E-state index contributed by atoms with van der Waals surface area (Å²) in [6, 6.07) is 16.3. The predicted octanol–water partition coefficient (Wildman–Crippen LogP) is 1.88. The fraction of sp³-hybridized carbons (Fsp3) is 0.238. The minimum atomic E-state index is -0.683. The first-order valence-electron chi connectivity index (χ1n) is 9.38. The van der Waals surface area contributed by atoms with Crippen LogP contribution in [0, 0.1) is 0 Å². The molecule has 0 saturated carbocycles. The molecule has 8 nitrogen and oxygen atoms in total. The van der Waals surface area contributed by atoms with E-state index in [9.17, 15) is 14.7 Å². The molecule has 1 aromatic heterocycles. The Morgan fingerprint density at radius 3 is 2.70 bits per heavy atom. The van der Waals surface area contributed by atoms with E-state index in [0.717, 1.165) is 5.56 Å². The molecule has 3 aromatic rings. The highest BCUT2D eigenvalue weighted by Crippen LogP contribution is 2.15. The van der Waals surface area contributed by atoms with Crippen molar-refractivity contribution in [1.82, 2.24) is 20.1 Å². The lowest BCUT2D eigenvalue weighted by molar-refractivity contribution is -0.113. The lowest BCUT2D eigenvalue weighted by atomic mass is 10.1. The Kier molecular flexibility index (Phi) is 7.58. The third kappa shape index (κ3) is 6.43. The highest BCUT2D eigenvalue weighted by molar-refractivity contribution is 7.99. The van der Waals surface area contributed by atoms with Crippen LogP contribution in [0.25, 0.3) is 0 Å². The first-order chi connectivity index (χ1) is 14.5. The minimum Gasteiger partial charge on any atom is -0.391 e. The minimum absolute atomic E-state index is 0.138. The van der Waals surface area contributed by atoms with Crippen molar-refractivity contribution in [3.8, 4) is 0 Å². The first kappa shape index (κ1) is 21.5. The molecule has 0 aliphatic carbocycles. The van der Waals surface area contributed by atoms with E-state index >= 15 is 0 Å². The Bertz CT molecular complexity index is 993. The lowest BCUT2D eigenvalue weighted by Gasteiger charge is -2.12. The van der Waals surface area contributed by atoms with Crippen LogP contribution >= 0.6 is 11.8 Å². The largest absolute Gasteiger partial charge is 0.391 e. The monoisotopic (exact) mass is 425 g/mol. The van der Waals surface area contributed by atoms with Crippen LogP contribution in [0.4, 0.5) is 5.69 Å². The molecule has 0 aliphatic heterocycles. The van der Waals surface area contributed by atoms with Crippen molar-refractivity contribution in [3.05, 3.63) is 72.1 Å². The summed E-state index contributed by atoms with van der Waals surface area (Å²) in [6.07, 6.45) is 1.34. The molecule has 1 heterocycles. The molecule has 0 aliphatic rings. The summed E-state index contributed by atoms with van der Waals surface area (Å²) in [5, 5.41) is 24.0. The Hall–Kier alpha value is -3.17. The topological polar surface area (TPSA) is 109 Å². The summed E-state index contributed by atoms with van der Waals surface area (Å²) in [5.41, 5.74) is 1.93. The van der Waals surface area contributed by atoms with Crippen molar-refractivity contribution in [2.24, 2.45) is 7.05 Å². The van der Waals surface area contributed by atoms with Crippen LogP contribution in [-0.4, -0.2) is 50.1 Å². The van der Waals surface area contributed by atoms with E-state index in [2.05, 4.69) is 20.8 Å². The molecule has 2 amide bonds. The first-order valence-corrected chi connectivity index (χ1v) is 10.4. The van der Waals surface area contributed by atoms with Gasteiger partial charge in [0.1, 0.15) is 6.33 Å². The third-order valence-electron chi connectivity index (χ3n) is 4.22. The number of anilines is 1. The van der Waals surface area contributed by atoms with Crippen LogP contribution in [0.5, 0.6) is 0 Å². The maximum Gasteiger partial charge on any atom is 0.251 e. The van der Waals surface area contributed by atoms with Crippen molar-refractivity contribution >= 4 is 29.3 Å². The number of nitrogens with zero attached hydrogens (tertiary/aromatic N) is 3. The molecule has 2 aromatic carbocycles. The summed E-state index contributed by atoms with van der Waals surface area (Å²) in [7, 11) is 1.80. The summed E-state index contributed by atoms with van der Waals surface area (Å²) < 4.78 is 1.73. The van der Waals surface area contributed by atoms with Gasteiger partial charge in [0, 0.05) is 31.3 Å². The van der Waals surface area contributed by atoms with Gasteiger partial charge in [-0.05, 0) is 23.8 Å². The molecule has 0 fully saturated rings. The van der Waals surface area contributed by atoms with E-state index in [1.165, 1.54) is 11.8 Å². The van der Waals surface area contributed by atoms with Gasteiger partial charge in [0.15, 0.2) is 5.16 Å². The van der Waals surface area contributed by atoms with E-state index < -0.39 is 6.10 Å². The van der Waals surface area contributed by atoms with Crippen molar-refractivity contribution in [2.45, 2.75) is 17.7 Å². The van der Waals surface area contributed by atoms with Gasteiger partial charge < -0.3 is 20.3 Å². The van der Waals surface area contributed by atoms with Gasteiger partial charge >= 0.3 is 0 Å². The van der Waals surface area contributed by atoms with Crippen molar-refractivity contribution in [3.63, 3.8) is 0 Å². The van der Waals surface area contributed by atoms with E-state index in [-0.39, 0.29) is 24.1 Å². The van der Waals surface area contributed by atoms with E-state index in [1.54, 1.807) is 42.2 Å². The predicted molar refractivity (Wildman–Crippen MR) is 115 cm³/mol. The summed E-state index contributed by atoms with van der Waals surface area (Å²) in [4.78, 5) is 24.6. The van der Waals surface area contributed by atoms with Crippen LogP contribution in [0.3, 0.4) is 0 Å². The number of nitrogens with one attached hydrogen (secondary N) is 2. The number of carbonyl (C=O) groups is 2. The number of thioether (sulfide) groups is 1. The SMILES string of the molecule is Cn1cnnc1SCC(=O)Nc1cccc(C(=O)NC[C@H](O)Cc2ccccc2)c1. The average molecular weight is 426 g/mol. The summed E-state index contributed by atoms with van der Waals surface area (Å²) in [5.74, 6) is -0.347. The highest BCUT2D eigenvalue weighted by Gasteiger charge is 2.12. The number of aromatic nitrogens is 3. The van der Waals surface area contributed by atoms with Crippen molar-refractivity contribution < 1.29 is 14.7 Å². The molecular weight excluding hydrogens is 402 g/mol. The molecule has 3 N–H and O–H groups in total. The fourth-order valence-electron chi connectivity index (χ4n) is 2.74. The number of hydrogen-bond donors (Lipinski definition) is 3. The van der Waals surface area contributed by atoms with Crippen molar-refractivity contribution in [1.29, 1.82) is 0 Å². The van der Waals surface area contributed by atoms with Crippen LogP contribution in [0.1, 0.15) is 15.9 Å². The molecule has 0 bridgehead atoms. The number of aliphatic hydroxyl groups is 1. The molecule has 1 atom stereocenters. The van der Waals surface area contributed by atoms with Gasteiger partial charge in [0.05, 0.1) is 11.9 Å². The number of aliphatic hydroxyl groups excluding tert-OH is 1. The molecule has 0 unspecified atom stereocenters. The second-order valence-corrected chi connectivity index (χ2v) is 7.64. The zero-order chi connectivity index (χ0) is 21.3. The maximum atomic E-state index is 12.4. The summed E-state index contributed by atoms with van der Waals surface area (Å²) >= 11 is 1.27. The number of aryl methyl sites for hydroxylation is 1. The zero-order valence-corrected chi connectivity index (χ0v) is 17.3. The van der Waals surface area contributed by atoms with Crippen LogP contribution < -0.4 is 10.6 Å². The van der Waals surface area contributed by atoms with Gasteiger partial charge in [0.25, 0.3) is 5.91 Å². The molecule has 0 radical (unpaired) electrons. The molecule has 30 heavy (non-hydrogen) atoms. The maximum absolute atomic E-state index is 12.4. The van der Waals surface area contributed by atoms with Gasteiger partial charge in [-0.3, -0.25) is 9.59 Å². The Labute approximate surface area is 178 Å². The van der Waals surface area contributed by atoms with Crippen LogP contribution in [0.15, 0.2) is 66.1 Å². The highest BCUT2D eigenvalue weighted by atomic mass is 32.2. The molecular formula is C21H23N5O3S. The quantitative estimate of drug-likeness (QED) is 0.452. The van der Waals surface area contributed by atoms with Crippen LogP contribution in [0.2, 0.25) is 0 Å². The molecule has 9 heteroatoms. The van der Waals surface area contributed by atoms with Gasteiger partial charge in [-0.1, -0.05) is 48.2 Å². The Morgan fingerprint density at radius 2 is 1.97 bits per heavy atom. The van der Waals surface area contributed by atoms with E-state index in [4.69, 9.17) is 0 Å². The van der Waals surface area contributed by atoms with Gasteiger partial charge in [0.2, 0.25) is 5.91 Å². The third-order valence-corrected chi connectivity index (χ3v) is 5.26. The number of benzene rings is 2. The molecule has 0 spiro atoms. The number of hydrogen-bond acceptors (Lipinski definition) is 6. The number of rotatable bonds is 9. The van der Waals surface area contributed by atoms with Gasteiger partial charge in [-0.25, -0.2) is 0 Å². The average Bonchev–Trinajstić information content (AvgIpc) is 3.16. The number of carbonyl (C=O) groups excluding carboxylic acids is 2. The molecule has 3 rings (SSSR count). The number of amides is 2.